The third-order valence-electron chi connectivity index (χ3n) is 2.94. The van der Waals surface area contributed by atoms with Gasteiger partial charge in [0.1, 0.15) is 0 Å². The van der Waals surface area contributed by atoms with E-state index in [1.165, 1.54) is 0 Å². The fraction of sp³-hybridized carbons (Fsp3) is 1.00. The Labute approximate surface area is 77.9 Å². The lowest BCUT2D eigenvalue weighted by Gasteiger charge is -2.32. The third kappa shape index (κ3) is 4.10. The van der Waals surface area contributed by atoms with Crippen LogP contribution in [0.3, 0.4) is 0 Å². The fourth-order valence-electron chi connectivity index (χ4n) is 1.40. The maximum absolute atomic E-state index is 3.40. The van der Waals surface area contributed by atoms with Crippen molar-refractivity contribution >= 4 is 0 Å². The molecule has 0 rings (SSSR count). The van der Waals surface area contributed by atoms with Crippen molar-refractivity contribution in [2.24, 2.45) is 17.3 Å². The summed E-state index contributed by atoms with van der Waals surface area (Å²) in [5, 5.41) is 3.40. The van der Waals surface area contributed by atoms with Gasteiger partial charge in [-0.15, -0.1) is 0 Å². The van der Waals surface area contributed by atoms with E-state index in [0.717, 1.165) is 24.9 Å². The lowest BCUT2D eigenvalue weighted by atomic mass is 9.75. The second kappa shape index (κ2) is 4.86. The van der Waals surface area contributed by atoms with Gasteiger partial charge < -0.3 is 5.32 Å². The van der Waals surface area contributed by atoms with Crippen molar-refractivity contribution in [3.63, 3.8) is 0 Å². The molecule has 0 amide bonds. The number of nitrogens with one attached hydrogen (secondary N) is 1. The molecule has 0 radical (unpaired) electrons. The standard InChI is InChI=1S/C11H25N/c1-7-12-8-9(2)10(3)11(4,5)6/h9-10,12H,7-8H2,1-6H3. The molecule has 0 aliphatic heterocycles. The summed E-state index contributed by atoms with van der Waals surface area (Å²) in [5.74, 6) is 1.54. The van der Waals surface area contributed by atoms with E-state index in [9.17, 15) is 0 Å². The van der Waals surface area contributed by atoms with Crippen LogP contribution < -0.4 is 5.32 Å². The molecule has 1 N–H and O–H groups in total. The van der Waals surface area contributed by atoms with Gasteiger partial charge in [0.2, 0.25) is 0 Å². The molecule has 0 aromatic rings. The van der Waals surface area contributed by atoms with Crippen molar-refractivity contribution in [2.75, 3.05) is 13.1 Å². The van der Waals surface area contributed by atoms with E-state index < -0.39 is 0 Å². The highest BCUT2D eigenvalue weighted by Crippen LogP contribution is 2.30. The molecule has 0 aromatic carbocycles. The number of hydrogen-bond donors (Lipinski definition) is 1. The van der Waals surface area contributed by atoms with E-state index in [1.54, 1.807) is 0 Å². The van der Waals surface area contributed by atoms with E-state index in [2.05, 4.69) is 46.9 Å². The van der Waals surface area contributed by atoms with Crippen LogP contribution >= 0.6 is 0 Å². The van der Waals surface area contributed by atoms with Gasteiger partial charge in [-0.25, -0.2) is 0 Å². The van der Waals surface area contributed by atoms with E-state index in [1.807, 2.05) is 0 Å². The molecule has 0 saturated heterocycles. The first kappa shape index (κ1) is 12.0. The van der Waals surface area contributed by atoms with Gasteiger partial charge in [0.15, 0.2) is 0 Å². The molecule has 1 heteroatoms. The summed E-state index contributed by atoms with van der Waals surface area (Å²) in [6.07, 6.45) is 0. The van der Waals surface area contributed by atoms with Crippen LogP contribution in [-0.2, 0) is 0 Å². The Bertz CT molecular complexity index is 113. The highest BCUT2D eigenvalue weighted by molar-refractivity contribution is 4.75. The Morgan fingerprint density at radius 1 is 1.17 bits per heavy atom. The van der Waals surface area contributed by atoms with Crippen LogP contribution in [0, 0.1) is 17.3 Å². The molecule has 74 valence electrons. The Morgan fingerprint density at radius 3 is 2.00 bits per heavy atom. The van der Waals surface area contributed by atoms with Crippen molar-refractivity contribution in [3.8, 4) is 0 Å². The van der Waals surface area contributed by atoms with E-state index in [-0.39, 0.29) is 0 Å². The summed E-state index contributed by atoms with van der Waals surface area (Å²) in [6, 6.07) is 0. The second-order valence-corrected chi connectivity index (χ2v) is 4.94. The largest absolute Gasteiger partial charge is 0.317 e. The molecule has 0 fully saturated rings. The minimum Gasteiger partial charge on any atom is -0.317 e. The van der Waals surface area contributed by atoms with Crippen LogP contribution in [0.1, 0.15) is 41.5 Å². The Kier molecular flexibility index (Phi) is 4.84. The monoisotopic (exact) mass is 171 g/mol. The quantitative estimate of drug-likeness (QED) is 0.686. The topological polar surface area (TPSA) is 12.0 Å². The first-order chi connectivity index (χ1) is 5.39. The summed E-state index contributed by atoms with van der Waals surface area (Å²) < 4.78 is 0. The van der Waals surface area contributed by atoms with Crippen LogP contribution in [0.15, 0.2) is 0 Å². The Balaban J connectivity index is 3.84. The second-order valence-electron chi connectivity index (χ2n) is 4.94. The van der Waals surface area contributed by atoms with Crippen LogP contribution in [0.25, 0.3) is 0 Å². The average Bonchev–Trinajstić information content (AvgIpc) is 1.97. The summed E-state index contributed by atoms with van der Waals surface area (Å²) >= 11 is 0. The van der Waals surface area contributed by atoms with E-state index in [0.29, 0.717) is 5.41 Å². The highest BCUT2D eigenvalue weighted by atomic mass is 14.8. The maximum atomic E-state index is 3.40. The molecule has 2 unspecified atom stereocenters. The molecular formula is C11H25N. The van der Waals surface area contributed by atoms with E-state index in [4.69, 9.17) is 0 Å². The zero-order valence-electron chi connectivity index (χ0n) is 9.57. The molecule has 12 heavy (non-hydrogen) atoms. The molecule has 0 aliphatic carbocycles. The zero-order chi connectivity index (χ0) is 9.78. The SMILES string of the molecule is CCNCC(C)C(C)C(C)(C)C. The Hall–Kier alpha value is -0.0400. The zero-order valence-corrected chi connectivity index (χ0v) is 9.57. The first-order valence-corrected chi connectivity index (χ1v) is 5.10. The van der Waals surface area contributed by atoms with Gasteiger partial charge in [0, 0.05) is 0 Å². The van der Waals surface area contributed by atoms with E-state index >= 15 is 0 Å². The van der Waals surface area contributed by atoms with Gasteiger partial charge >= 0.3 is 0 Å². The summed E-state index contributed by atoms with van der Waals surface area (Å²) in [5.41, 5.74) is 0.439. The predicted molar refractivity (Wildman–Crippen MR) is 56.3 cm³/mol. The molecule has 2 atom stereocenters. The van der Waals surface area contributed by atoms with Crippen molar-refractivity contribution in [2.45, 2.75) is 41.5 Å². The van der Waals surface area contributed by atoms with Crippen molar-refractivity contribution in [3.05, 3.63) is 0 Å². The molecule has 0 bridgehead atoms. The molecule has 0 heterocycles. The smallest absolute Gasteiger partial charge is 0.00205 e. The van der Waals surface area contributed by atoms with Gasteiger partial charge in [-0.3, -0.25) is 0 Å². The van der Waals surface area contributed by atoms with Crippen molar-refractivity contribution < 1.29 is 0 Å². The summed E-state index contributed by atoms with van der Waals surface area (Å²) in [6.45, 7) is 16.0. The minimum absolute atomic E-state index is 0.439. The highest BCUT2D eigenvalue weighted by Gasteiger charge is 2.24. The van der Waals surface area contributed by atoms with Gasteiger partial charge in [0.25, 0.3) is 0 Å². The van der Waals surface area contributed by atoms with Crippen LogP contribution in [0.2, 0.25) is 0 Å². The van der Waals surface area contributed by atoms with Gasteiger partial charge in [-0.1, -0.05) is 41.5 Å². The molecule has 0 aliphatic rings. The van der Waals surface area contributed by atoms with Crippen molar-refractivity contribution in [1.82, 2.24) is 5.32 Å². The van der Waals surface area contributed by atoms with Crippen LogP contribution in [-0.4, -0.2) is 13.1 Å². The summed E-state index contributed by atoms with van der Waals surface area (Å²) in [7, 11) is 0. The lowest BCUT2D eigenvalue weighted by Crippen LogP contribution is -2.31. The number of rotatable bonds is 4. The normalized spacial score (nSPS) is 17.5. The molecule has 0 saturated carbocycles. The minimum atomic E-state index is 0.439. The fourth-order valence-corrected chi connectivity index (χ4v) is 1.40. The van der Waals surface area contributed by atoms with Crippen LogP contribution in [0.4, 0.5) is 0 Å². The maximum Gasteiger partial charge on any atom is -0.00205 e. The Morgan fingerprint density at radius 2 is 1.67 bits per heavy atom. The van der Waals surface area contributed by atoms with Crippen LogP contribution in [0.5, 0.6) is 0 Å². The third-order valence-corrected chi connectivity index (χ3v) is 2.94. The molecule has 1 nitrogen and oxygen atoms in total. The molecular weight excluding hydrogens is 146 g/mol. The molecule has 0 spiro atoms. The average molecular weight is 171 g/mol. The predicted octanol–water partition coefficient (Wildman–Crippen LogP) is 2.91. The molecule has 0 aromatic heterocycles. The van der Waals surface area contributed by atoms with Crippen molar-refractivity contribution in [1.29, 1.82) is 0 Å². The lowest BCUT2D eigenvalue weighted by molar-refractivity contribution is 0.185. The van der Waals surface area contributed by atoms with Gasteiger partial charge in [0.05, 0.1) is 0 Å². The van der Waals surface area contributed by atoms with Gasteiger partial charge in [-0.2, -0.15) is 0 Å². The number of hydrogen-bond acceptors (Lipinski definition) is 1. The first-order valence-electron chi connectivity index (χ1n) is 5.10. The summed E-state index contributed by atoms with van der Waals surface area (Å²) in [4.78, 5) is 0. The van der Waals surface area contributed by atoms with Gasteiger partial charge in [-0.05, 0) is 30.3 Å².